The van der Waals surface area contributed by atoms with Gasteiger partial charge in [-0.25, -0.2) is 4.74 Å². The van der Waals surface area contributed by atoms with E-state index in [2.05, 4.69) is 4.74 Å². The summed E-state index contributed by atoms with van der Waals surface area (Å²) in [7, 11) is 0. The van der Waals surface area contributed by atoms with Gasteiger partial charge in [-0.15, -0.1) is 0 Å². The van der Waals surface area contributed by atoms with Crippen molar-refractivity contribution in [1.82, 2.24) is 0 Å². The van der Waals surface area contributed by atoms with Gasteiger partial charge in [0.25, 0.3) is 0 Å². The number of benzene rings is 2. The van der Waals surface area contributed by atoms with E-state index in [1.165, 1.54) is 12.1 Å². The van der Waals surface area contributed by atoms with Crippen molar-refractivity contribution in [2.75, 3.05) is 0 Å². The Morgan fingerprint density at radius 3 is 1.04 bits per heavy atom. The van der Waals surface area contributed by atoms with E-state index in [4.69, 9.17) is 0 Å². The highest BCUT2D eigenvalue weighted by atomic mass is 19.3. The van der Waals surface area contributed by atoms with Gasteiger partial charge >= 0.3 is 24.1 Å². The smallest absolute Gasteiger partial charge is 0.245 e. The Labute approximate surface area is 136 Å². The normalized spacial score (nSPS) is 13.8. The van der Waals surface area contributed by atoms with Crippen LogP contribution < -0.4 is 0 Å². The van der Waals surface area contributed by atoms with Crippen LogP contribution in [0.25, 0.3) is 0 Å². The van der Waals surface area contributed by atoms with Crippen LogP contribution in [-0.2, 0) is 16.6 Å². The third kappa shape index (κ3) is 3.46. The molecule has 0 saturated carbocycles. The average molecular weight is 370 g/mol. The topological polar surface area (TPSA) is 9.23 Å². The van der Waals surface area contributed by atoms with E-state index in [0.717, 1.165) is 24.3 Å². The lowest BCUT2D eigenvalue weighted by molar-refractivity contribution is -0.474. The van der Waals surface area contributed by atoms with Gasteiger partial charge in [0, 0.05) is 11.1 Å². The minimum atomic E-state index is -5.89. The Bertz CT molecular complexity index is 639. The number of ether oxygens (including phenoxy) is 1. The van der Waals surface area contributed by atoms with Crippen molar-refractivity contribution < 1.29 is 39.9 Å². The number of rotatable bonds is 6. The van der Waals surface area contributed by atoms with Crippen LogP contribution in [0.5, 0.6) is 0 Å². The zero-order valence-electron chi connectivity index (χ0n) is 12.2. The molecule has 0 fully saturated rings. The molecule has 0 aliphatic carbocycles. The van der Waals surface area contributed by atoms with Gasteiger partial charge in [0.15, 0.2) is 0 Å². The lowest BCUT2D eigenvalue weighted by Gasteiger charge is -2.33. The molecule has 25 heavy (non-hydrogen) atoms. The van der Waals surface area contributed by atoms with Crippen LogP contribution in [0.3, 0.4) is 0 Å². The van der Waals surface area contributed by atoms with Gasteiger partial charge in [0.1, 0.15) is 0 Å². The number of alkyl halides is 8. The monoisotopic (exact) mass is 370 g/mol. The highest BCUT2D eigenvalue weighted by Gasteiger charge is 2.69. The summed E-state index contributed by atoms with van der Waals surface area (Å²) < 4.78 is 112. The summed E-state index contributed by atoms with van der Waals surface area (Å²) in [5, 5.41) is 0. The molecule has 0 aliphatic heterocycles. The van der Waals surface area contributed by atoms with Gasteiger partial charge in [-0.1, -0.05) is 60.7 Å². The van der Waals surface area contributed by atoms with E-state index < -0.39 is 35.2 Å². The molecule has 0 amide bonds. The predicted molar refractivity (Wildman–Crippen MR) is 71.7 cm³/mol. The molecule has 136 valence electrons. The molecule has 0 saturated heterocycles. The molecular formula is C16H10F8O. The zero-order chi connectivity index (χ0) is 18.9. The van der Waals surface area contributed by atoms with Crippen molar-refractivity contribution in [1.29, 1.82) is 0 Å². The van der Waals surface area contributed by atoms with Crippen LogP contribution in [0.4, 0.5) is 35.1 Å². The maximum absolute atomic E-state index is 13.8. The first-order valence-corrected chi connectivity index (χ1v) is 6.74. The standard InChI is InChI=1S/C16H10F8O/c17-13(18,11-7-3-1-4-8-11)15(21,22)25-16(23,24)14(19,20)12-9-5-2-6-10-12/h1-10H. The van der Waals surface area contributed by atoms with Crippen LogP contribution >= 0.6 is 0 Å². The highest BCUT2D eigenvalue weighted by Crippen LogP contribution is 2.51. The van der Waals surface area contributed by atoms with Gasteiger partial charge in [-0.3, -0.25) is 0 Å². The van der Waals surface area contributed by atoms with Crippen molar-refractivity contribution in [2.45, 2.75) is 24.1 Å². The Morgan fingerprint density at radius 1 is 0.480 bits per heavy atom. The maximum atomic E-state index is 13.8. The molecule has 0 radical (unpaired) electrons. The molecule has 9 heteroatoms. The second-order valence-corrected chi connectivity index (χ2v) is 5.02. The second kappa shape index (κ2) is 6.29. The first kappa shape index (κ1) is 19.2. The first-order chi connectivity index (χ1) is 11.4. The van der Waals surface area contributed by atoms with E-state index in [0.29, 0.717) is 24.3 Å². The first-order valence-electron chi connectivity index (χ1n) is 6.74. The Hall–Kier alpha value is -2.16. The molecule has 2 rings (SSSR count). The van der Waals surface area contributed by atoms with Gasteiger partial charge in [0.05, 0.1) is 0 Å². The summed E-state index contributed by atoms with van der Waals surface area (Å²) in [6.07, 6.45) is -11.8. The maximum Gasteiger partial charge on any atom is 0.428 e. The fourth-order valence-corrected chi connectivity index (χ4v) is 1.92. The quantitative estimate of drug-likeness (QED) is 0.587. The van der Waals surface area contributed by atoms with Crippen LogP contribution in [-0.4, -0.2) is 12.2 Å². The fourth-order valence-electron chi connectivity index (χ4n) is 1.92. The van der Waals surface area contributed by atoms with Gasteiger partial charge in [0.2, 0.25) is 0 Å². The lowest BCUT2D eigenvalue weighted by atomic mass is 10.1. The summed E-state index contributed by atoms with van der Waals surface area (Å²) in [4.78, 5) is 0. The van der Waals surface area contributed by atoms with Crippen LogP contribution in [0, 0.1) is 0 Å². The molecular weight excluding hydrogens is 360 g/mol. The molecule has 0 spiro atoms. The molecule has 0 aromatic heterocycles. The van der Waals surface area contributed by atoms with Gasteiger partial charge < -0.3 is 0 Å². The number of hydrogen-bond donors (Lipinski definition) is 0. The summed E-state index contributed by atoms with van der Waals surface area (Å²) >= 11 is 0. The Balaban J connectivity index is 2.35. The molecule has 0 heterocycles. The van der Waals surface area contributed by atoms with Crippen molar-refractivity contribution in [3.8, 4) is 0 Å². The zero-order valence-corrected chi connectivity index (χ0v) is 12.2. The van der Waals surface area contributed by atoms with Crippen molar-refractivity contribution in [2.24, 2.45) is 0 Å². The molecule has 0 N–H and O–H groups in total. The van der Waals surface area contributed by atoms with E-state index in [1.807, 2.05) is 0 Å². The summed E-state index contributed by atoms with van der Waals surface area (Å²) in [5.74, 6) is -10.5. The molecule has 1 nitrogen and oxygen atoms in total. The molecule has 2 aromatic rings. The average Bonchev–Trinajstić information content (AvgIpc) is 2.55. The van der Waals surface area contributed by atoms with Crippen molar-refractivity contribution >= 4 is 0 Å². The minimum Gasteiger partial charge on any atom is -0.245 e. The fraction of sp³-hybridized carbons (Fsp3) is 0.250. The van der Waals surface area contributed by atoms with E-state index in [9.17, 15) is 35.1 Å². The van der Waals surface area contributed by atoms with Crippen LogP contribution in [0.1, 0.15) is 11.1 Å². The summed E-state index contributed by atoms with van der Waals surface area (Å²) in [6, 6.07) is 8.39. The molecule has 0 bridgehead atoms. The molecule has 0 unspecified atom stereocenters. The van der Waals surface area contributed by atoms with Gasteiger partial charge in [-0.05, 0) is 0 Å². The van der Waals surface area contributed by atoms with Crippen molar-refractivity contribution in [3.05, 3.63) is 71.8 Å². The van der Waals surface area contributed by atoms with Gasteiger partial charge in [-0.2, -0.15) is 35.1 Å². The Kier molecular flexibility index (Phi) is 4.82. The highest BCUT2D eigenvalue weighted by molar-refractivity contribution is 5.23. The Morgan fingerprint density at radius 2 is 0.760 bits per heavy atom. The van der Waals surface area contributed by atoms with Crippen molar-refractivity contribution in [3.63, 3.8) is 0 Å². The molecule has 2 aromatic carbocycles. The molecule has 0 aliphatic rings. The summed E-state index contributed by atoms with van der Waals surface area (Å²) in [6.45, 7) is 0. The van der Waals surface area contributed by atoms with E-state index in [1.54, 1.807) is 0 Å². The van der Waals surface area contributed by atoms with Crippen LogP contribution in [0.2, 0.25) is 0 Å². The van der Waals surface area contributed by atoms with Crippen LogP contribution in [0.15, 0.2) is 60.7 Å². The lowest BCUT2D eigenvalue weighted by Crippen LogP contribution is -2.51. The third-order valence-corrected chi connectivity index (χ3v) is 3.26. The third-order valence-electron chi connectivity index (χ3n) is 3.26. The SMILES string of the molecule is FC(F)(OC(F)(F)C(F)(F)c1ccccc1)C(F)(F)c1ccccc1. The van der Waals surface area contributed by atoms with E-state index in [-0.39, 0.29) is 0 Å². The number of halogens is 8. The number of hydrogen-bond acceptors (Lipinski definition) is 1. The predicted octanol–water partition coefficient (Wildman–Crippen LogP) is 5.77. The summed E-state index contributed by atoms with van der Waals surface area (Å²) in [5.41, 5.74) is -2.72. The largest absolute Gasteiger partial charge is 0.428 e. The minimum absolute atomic E-state index is 0.532. The second-order valence-electron chi connectivity index (χ2n) is 5.02. The molecule has 0 atom stereocenters. The van der Waals surface area contributed by atoms with E-state index >= 15 is 0 Å².